The molecule has 1 aliphatic carbocycles. The molecule has 2 aromatic rings. The minimum atomic E-state index is 0.0764. The first kappa shape index (κ1) is 14.0. The van der Waals surface area contributed by atoms with Crippen molar-refractivity contribution in [1.29, 1.82) is 0 Å². The van der Waals surface area contributed by atoms with E-state index in [-0.39, 0.29) is 17.7 Å². The molecule has 0 radical (unpaired) electrons. The Hall–Kier alpha value is -2.37. The van der Waals surface area contributed by atoms with E-state index < -0.39 is 0 Å². The van der Waals surface area contributed by atoms with E-state index in [1.807, 2.05) is 17.0 Å². The predicted molar refractivity (Wildman–Crippen MR) is 87.8 cm³/mol. The number of fused-ring (bicyclic) bond motifs is 1. The molecular weight excluding hydrogens is 304 g/mol. The maximum Gasteiger partial charge on any atom is 0.234 e. The number of amides is 1. The van der Waals surface area contributed by atoms with E-state index in [0.717, 1.165) is 38.0 Å². The lowest BCUT2D eigenvalue weighted by atomic mass is 9.91. The summed E-state index contributed by atoms with van der Waals surface area (Å²) in [4.78, 5) is 18.8. The van der Waals surface area contributed by atoms with Crippen LogP contribution in [0.2, 0.25) is 0 Å². The van der Waals surface area contributed by atoms with Crippen molar-refractivity contribution >= 4 is 11.6 Å². The normalized spacial score (nSPS) is 26.3. The van der Waals surface area contributed by atoms with Crippen LogP contribution in [0.5, 0.6) is 0 Å². The summed E-state index contributed by atoms with van der Waals surface area (Å²) in [5, 5.41) is 7.62. The highest BCUT2D eigenvalue weighted by molar-refractivity contribution is 5.80. The summed E-state index contributed by atoms with van der Waals surface area (Å²) < 4.78 is 5.60. The molecular formula is C18H20N4O2. The second-order valence-corrected chi connectivity index (χ2v) is 7.02. The summed E-state index contributed by atoms with van der Waals surface area (Å²) >= 11 is 0. The van der Waals surface area contributed by atoms with Crippen LogP contribution in [-0.2, 0) is 4.79 Å². The van der Waals surface area contributed by atoms with Crippen molar-refractivity contribution in [2.75, 3.05) is 18.4 Å². The van der Waals surface area contributed by atoms with E-state index in [0.29, 0.717) is 24.2 Å². The Morgan fingerprint density at radius 1 is 1.21 bits per heavy atom. The highest BCUT2D eigenvalue weighted by Crippen LogP contribution is 2.38. The van der Waals surface area contributed by atoms with Crippen LogP contribution in [0.1, 0.15) is 54.8 Å². The molecule has 3 aliphatic rings. The number of anilines is 1. The van der Waals surface area contributed by atoms with Crippen LogP contribution in [0.3, 0.4) is 0 Å². The highest BCUT2D eigenvalue weighted by Gasteiger charge is 2.41. The van der Waals surface area contributed by atoms with Crippen molar-refractivity contribution < 1.29 is 9.32 Å². The Kier molecular flexibility index (Phi) is 3.11. The first-order valence-electron chi connectivity index (χ1n) is 8.75. The van der Waals surface area contributed by atoms with E-state index in [9.17, 15) is 4.79 Å². The Bertz CT molecular complexity index is 783. The standard InChI is InChI=1S/C18H20N4O2/c23-16-9-11(10-22(16)12-5-6-12)17-20-18(24-21-17)14-7-8-19-15-4-2-1-3-13(14)15/h1-4,11-12,14,19H,5-10H2. The smallest absolute Gasteiger partial charge is 0.234 e. The van der Waals surface area contributed by atoms with Crippen LogP contribution < -0.4 is 5.32 Å². The number of nitrogens with zero attached hydrogens (tertiary/aromatic N) is 3. The zero-order chi connectivity index (χ0) is 16.1. The van der Waals surface area contributed by atoms with E-state index >= 15 is 0 Å². The summed E-state index contributed by atoms with van der Waals surface area (Å²) in [5.74, 6) is 1.82. The molecule has 2 fully saturated rings. The molecule has 1 saturated carbocycles. The third-order valence-electron chi connectivity index (χ3n) is 5.35. The van der Waals surface area contributed by atoms with Crippen LogP contribution in [0, 0.1) is 0 Å². The van der Waals surface area contributed by atoms with Gasteiger partial charge in [0, 0.05) is 37.2 Å². The van der Waals surface area contributed by atoms with Crippen molar-refractivity contribution in [1.82, 2.24) is 15.0 Å². The van der Waals surface area contributed by atoms with Gasteiger partial charge in [-0.2, -0.15) is 4.98 Å². The number of carbonyl (C=O) groups is 1. The van der Waals surface area contributed by atoms with Gasteiger partial charge >= 0.3 is 0 Å². The number of nitrogens with one attached hydrogen (secondary N) is 1. The summed E-state index contributed by atoms with van der Waals surface area (Å²) in [5.41, 5.74) is 2.35. The number of para-hydroxylation sites is 1. The van der Waals surface area contributed by atoms with Gasteiger partial charge in [-0.25, -0.2) is 0 Å². The van der Waals surface area contributed by atoms with E-state index in [1.54, 1.807) is 0 Å². The molecule has 6 heteroatoms. The molecule has 124 valence electrons. The van der Waals surface area contributed by atoms with Crippen LogP contribution in [0.15, 0.2) is 28.8 Å². The van der Waals surface area contributed by atoms with Crippen LogP contribution >= 0.6 is 0 Å². The molecule has 1 amide bonds. The maximum atomic E-state index is 12.1. The van der Waals surface area contributed by atoms with Crippen LogP contribution in [-0.4, -0.2) is 40.1 Å². The average Bonchev–Trinajstić information content (AvgIpc) is 3.20. The molecule has 0 bridgehead atoms. The topological polar surface area (TPSA) is 71.3 Å². The first-order chi connectivity index (χ1) is 11.8. The molecule has 2 unspecified atom stereocenters. The molecule has 0 spiro atoms. The number of likely N-dealkylation sites (tertiary alicyclic amines) is 1. The monoisotopic (exact) mass is 324 g/mol. The molecule has 5 rings (SSSR count). The van der Waals surface area contributed by atoms with Crippen molar-refractivity contribution in [2.45, 2.75) is 43.6 Å². The van der Waals surface area contributed by atoms with Gasteiger partial charge in [0.15, 0.2) is 5.82 Å². The Labute approximate surface area is 140 Å². The van der Waals surface area contributed by atoms with Crippen LogP contribution in [0.25, 0.3) is 0 Å². The molecule has 1 aromatic carbocycles. The van der Waals surface area contributed by atoms with Crippen LogP contribution in [0.4, 0.5) is 5.69 Å². The van der Waals surface area contributed by atoms with Gasteiger partial charge in [0.05, 0.1) is 5.92 Å². The number of rotatable bonds is 3. The Balaban J connectivity index is 1.39. The average molecular weight is 324 g/mol. The Morgan fingerprint density at radius 3 is 2.96 bits per heavy atom. The van der Waals surface area contributed by atoms with Gasteiger partial charge in [-0.1, -0.05) is 23.4 Å². The van der Waals surface area contributed by atoms with Crippen molar-refractivity contribution in [2.24, 2.45) is 0 Å². The first-order valence-corrected chi connectivity index (χ1v) is 8.75. The lowest BCUT2D eigenvalue weighted by molar-refractivity contribution is -0.128. The summed E-state index contributed by atoms with van der Waals surface area (Å²) in [6.45, 7) is 1.64. The third kappa shape index (κ3) is 2.28. The SMILES string of the molecule is O=C1CC(c2noc(C3CCNc4ccccc43)n2)CN1C1CC1. The fraction of sp³-hybridized carbons (Fsp3) is 0.500. The molecule has 6 nitrogen and oxygen atoms in total. The second-order valence-electron chi connectivity index (χ2n) is 7.02. The largest absolute Gasteiger partial charge is 0.385 e. The quantitative estimate of drug-likeness (QED) is 0.939. The molecule has 2 atom stereocenters. The summed E-state index contributed by atoms with van der Waals surface area (Å²) in [7, 11) is 0. The lowest BCUT2D eigenvalue weighted by Gasteiger charge is -2.23. The van der Waals surface area contributed by atoms with Gasteiger partial charge in [-0.3, -0.25) is 4.79 Å². The van der Waals surface area contributed by atoms with Crippen molar-refractivity contribution in [3.63, 3.8) is 0 Å². The lowest BCUT2D eigenvalue weighted by Crippen LogP contribution is -2.27. The third-order valence-corrected chi connectivity index (χ3v) is 5.35. The van der Waals surface area contributed by atoms with Gasteiger partial charge in [-0.05, 0) is 30.9 Å². The van der Waals surface area contributed by atoms with Crippen molar-refractivity contribution in [3.05, 3.63) is 41.5 Å². The van der Waals surface area contributed by atoms with Gasteiger partial charge in [-0.15, -0.1) is 0 Å². The summed E-state index contributed by atoms with van der Waals surface area (Å²) in [6, 6.07) is 8.74. The molecule has 1 N–H and O–H groups in total. The predicted octanol–water partition coefficient (Wildman–Crippen LogP) is 2.50. The van der Waals surface area contributed by atoms with E-state index in [4.69, 9.17) is 4.52 Å². The highest BCUT2D eigenvalue weighted by atomic mass is 16.5. The number of benzene rings is 1. The minimum absolute atomic E-state index is 0.0764. The number of hydrogen-bond donors (Lipinski definition) is 1. The fourth-order valence-corrected chi connectivity index (χ4v) is 3.92. The molecule has 24 heavy (non-hydrogen) atoms. The molecule has 1 saturated heterocycles. The molecule has 1 aromatic heterocycles. The second kappa shape index (κ2) is 5.33. The van der Waals surface area contributed by atoms with Gasteiger partial charge in [0.25, 0.3) is 0 Å². The minimum Gasteiger partial charge on any atom is -0.385 e. The maximum absolute atomic E-state index is 12.1. The number of hydrogen-bond acceptors (Lipinski definition) is 5. The molecule has 3 heterocycles. The number of carbonyl (C=O) groups excluding carboxylic acids is 1. The fourth-order valence-electron chi connectivity index (χ4n) is 3.92. The zero-order valence-corrected chi connectivity index (χ0v) is 13.4. The number of aromatic nitrogens is 2. The van der Waals surface area contributed by atoms with Gasteiger partial charge < -0.3 is 14.7 Å². The zero-order valence-electron chi connectivity index (χ0n) is 13.4. The van der Waals surface area contributed by atoms with Crippen molar-refractivity contribution in [3.8, 4) is 0 Å². The Morgan fingerprint density at radius 2 is 2.08 bits per heavy atom. The van der Waals surface area contributed by atoms with Gasteiger partial charge in [0.1, 0.15) is 0 Å². The van der Waals surface area contributed by atoms with Gasteiger partial charge in [0.2, 0.25) is 11.8 Å². The van der Waals surface area contributed by atoms with E-state index in [2.05, 4.69) is 27.6 Å². The van der Waals surface area contributed by atoms with E-state index in [1.165, 1.54) is 5.56 Å². The summed E-state index contributed by atoms with van der Waals surface area (Å²) in [6.07, 6.45) is 3.73. The molecule has 2 aliphatic heterocycles.